The van der Waals surface area contributed by atoms with E-state index in [2.05, 4.69) is 90.2 Å². The number of hydrazone groups is 1. The van der Waals surface area contributed by atoms with E-state index < -0.39 is 0 Å². The highest BCUT2D eigenvalue weighted by Gasteiger charge is 2.41. The van der Waals surface area contributed by atoms with E-state index in [1.807, 2.05) is 18.2 Å². The van der Waals surface area contributed by atoms with E-state index in [9.17, 15) is 0 Å². The van der Waals surface area contributed by atoms with Crippen molar-refractivity contribution in [2.24, 2.45) is 5.10 Å². The zero-order chi connectivity index (χ0) is 22.5. The second-order valence-corrected chi connectivity index (χ2v) is 10.3. The normalized spacial score (nSPS) is 19.7. The van der Waals surface area contributed by atoms with Crippen molar-refractivity contribution in [3.05, 3.63) is 93.5 Å². The van der Waals surface area contributed by atoms with Crippen LogP contribution in [0.1, 0.15) is 61.7 Å². The molecule has 0 saturated carbocycles. The predicted molar refractivity (Wildman–Crippen MR) is 131 cm³/mol. The highest BCUT2D eigenvalue weighted by atomic mass is 79.9. The zero-order valence-corrected chi connectivity index (χ0v) is 20.4. The van der Waals surface area contributed by atoms with Crippen LogP contribution >= 0.6 is 15.9 Å². The van der Waals surface area contributed by atoms with Crippen LogP contribution in [0.5, 0.6) is 11.5 Å². The third-order valence-electron chi connectivity index (χ3n) is 6.24. The molecule has 32 heavy (non-hydrogen) atoms. The minimum Gasteiger partial charge on any atom is -0.497 e. The van der Waals surface area contributed by atoms with E-state index in [-0.39, 0.29) is 17.7 Å². The van der Waals surface area contributed by atoms with Crippen LogP contribution in [0.4, 0.5) is 0 Å². The van der Waals surface area contributed by atoms with Gasteiger partial charge in [0.25, 0.3) is 0 Å². The first-order valence-corrected chi connectivity index (χ1v) is 11.7. The van der Waals surface area contributed by atoms with Crippen molar-refractivity contribution in [2.45, 2.75) is 44.9 Å². The molecule has 0 unspecified atom stereocenters. The van der Waals surface area contributed by atoms with Gasteiger partial charge in [0.15, 0.2) is 0 Å². The molecule has 0 amide bonds. The van der Waals surface area contributed by atoms with Gasteiger partial charge in [0.1, 0.15) is 11.5 Å². The first kappa shape index (κ1) is 21.1. The summed E-state index contributed by atoms with van der Waals surface area (Å²) in [5.74, 6) is 1.77. The lowest BCUT2D eigenvalue weighted by Gasteiger charge is -2.38. The van der Waals surface area contributed by atoms with Crippen LogP contribution in [0.2, 0.25) is 0 Å². The van der Waals surface area contributed by atoms with Crippen molar-refractivity contribution in [3.63, 3.8) is 0 Å². The lowest BCUT2D eigenvalue weighted by Crippen LogP contribution is -2.33. The SMILES string of the molecule is COc1ccc(C2=NN3[C@@H](C2)c2cc(Br)ccc2O[C@H]3c2ccc(C(C)(C)C)cc2)cc1. The number of rotatable bonds is 3. The van der Waals surface area contributed by atoms with Crippen LogP contribution in [0, 0.1) is 0 Å². The Morgan fingerprint density at radius 1 is 1.00 bits per heavy atom. The van der Waals surface area contributed by atoms with Crippen molar-refractivity contribution >= 4 is 21.6 Å². The van der Waals surface area contributed by atoms with Crippen molar-refractivity contribution in [1.29, 1.82) is 0 Å². The molecule has 2 aliphatic rings. The summed E-state index contributed by atoms with van der Waals surface area (Å²) in [5, 5.41) is 7.19. The Labute approximate surface area is 198 Å². The number of hydrogen-bond acceptors (Lipinski definition) is 4. The fourth-order valence-corrected chi connectivity index (χ4v) is 4.76. The third kappa shape index (κ3) is 3.79. The van der Waals surface area contributed by atoms with Crippen LogP contribution in [0.15, 0.2) is 76.3 Å². The Hall–Kier alpha value is -2.79. The maximum atomic E-state index is 6.51. The first-order chi connectivity index (χ1) is 15.3. The molecule has 2 atom stereocenters. The van der Waals surface area contributed by atoms with Crippen LogP contribution in [-0.4, -0.2) is 17.8 Å². The highest BCUT2D eigenvalue weighted by Crippen LogP contribution is 2.48. The van der Waals surface area contributed by atoms with Gasteiger partial charge in [0, 0.05) is 22.0 Å². The van der Waals surface area contributed by atoms with Gasteiger partial charge in [0.05, 0.1) is 18.9 Å². The van der Waals surface area contributed by atoms with Gasteiger partial charge in [-0.2, -0.15) is 5.10 Å². The Balaban J connectivity index is 1.55. The predicted octanol–water partition coefficient (Wildman–Crippen LogP) is 7.00. The average molecular weight is 491 g/mol. The van der Waals surface area contributed by atoms with Gasteiger partial charge in [-0.15, -0.1) is 0 Å². The molecule has 0 spiro atoms. The number of fused-ring (bicyclic) bond motifs is 3. The zero-order valence-electron chi connectivity index (χ0n) is 18.8. The Morgan fingerprint density at radius 3 is 2.38 bits per heavy atom. The van der Waals surface area contributed by atoms with Crippen LogP contribution in [-0.2, 0) is 5.41 Å². The summed E-state index contributed by atoms with van der Waals surface area (Å²) in [6.07, 6.45) is 0.564. The molecule has 0 fully saturated rings. The molecule has 2 aliphatic heterocycles. The first-order valence-electron chi connectivity index (χ1n) is 10.9. The molecular formula is C27H27BrN2O2. The van der Waals surface area contributed by atoms with E-state index in [1.165, 1.54) is 5.56 Å². The minimum absolute atomic E-state index is 0.112. The largest absolute Gasteiger partial charge is 0.497 e. The van der Waals surface area contributed by atoms with Crippen LogP contribution in [0.25, 0.3) is 0 Å². The number of benzene rings is 3. The van der Waals surface area contributed by atoms with Gasteiger partial charge in [-0.25, -0.2) is 5.01 Å². The van der Waals surface area contributed by atoms with Gasteiger partial charge in [0.2, 0.25) is 6.23 Å². The number of methoxy groups -OCH3 is 1. The van der Waals surface area contributed by atoms with Crippen molar-refractivity contribution < 1.29 is 9.47 Å². The van der Waals surface area contributed by atoms with E-state index in [4.69, 9.17) is 14.6 Å². The molecule has 0 aromatic heterocycles. The molecule has 3 aromatic rings. The van der Waals surface area contributed by atoms with Gasteiger partial charge in [-0.1, -0.05) is 61.0 Å². The minimum atomic E-state index is -0.265. The van der Waals surface area contributed by atoms with Crippen molar-refractivity contribution in [3.8, 4) is 11.5 Å². The van der Waals surface area contributed by atoms with Gasteiger partial charge in [-0.05, 0) is 59.0 Å². The van der Waals surface area contributed by atoms with E-state index in [0.717, 1.165) is 44.8 Å². The Bertz CT molecular complexity index is 1160. The molecule has 4 nitrogen and oxygen atoms in total. The molecule has 2 heterocycles. The summed E-state index contributed by atoms with van der Waals surface area (Å²) in [7, 11) is 1.68. The lowest BCUT2D eigenvalue weighted by atomic mass is 9.86. The molecule has 0 saturated heterocycles. The number of nitrogens with zero attached hydrogens (tertiary/aromatic N) is 2. The smallest absolute Gasteiger partial charge is 0.213 e. The van der Waals surface area contributed by atoms with Crippen LogP contribution in [0.3, 0.4) is 0 Å². The monoisotopic (exact) mass is 490 g/mol. The van der Waals surface area contributed by atoms with Gasteiger partial charge < -0.3 is 9.47 Å². The summed E-state index contributed by atoms with van der Waals surface area (Å²) >= 11 is 3.62. The molecule has 0 aliphatic carbocycles. The molecule has 0 bridgehead atoms. The summed E-state index contributed by atoms with van der Waals surface area (Å²) in [4.78, 5) is 0. The molecule has 0 N–H and O–H groups in total. The fourth-order valence-electron chi connectivity index (χ4n) is 4.38. The second-order valence-electron chi connectivity index (χ2n) is 9.40. The third-order valence-corrected chi connectivity index (χ3v) is 6.73. The molecule has 164 valence electrons. The summed E-state index contributed by atoms with van der Waals surface area (Å²) in [6, 6.07) is 23.2. The maximum Gasteiger partial charge on any atom is 0.213 e. The number of hydrogen-bond donors (Lipinski definition) is 0. The molecular weight excluding hydrogens is 464 g/mol. The van der Waals surface area contributed by atoms with Crippen molar-refractivity contribution in [2.75, 3.05) is 7.11 Å². The number of ether oxygens (including phenoxy) is 2. The fraction of sp³-hybridized carbons (Fsp3) is 0.296. The Morgan fingerprint density at radius 2 is 1.72 bits per heavy atom. The van der Waals surface area contributed by atoms with E-state index in [0.29, 0.717) is 0 Å². The summed E-state index contributed by atoms with van der Waals surface area (Å²) in [6.45, 7) is 6.69. The standard InChI is InChI=1S/C27H27BrN2O2/c1-27(2,3)19-9-5-18(6-10-19)26-30-24(22-15-20(28)11-14-25(22)32-26)16-23(29-30)17-7-12-21(31-4)13-8-17/h5-15,24,26H,16H2,1-4H3/t24-,26-/m0/s1. The van der Waals surface area contributed by atoms with Gasteiger partial charge in [-0.3, -0.25) is 0 Å². The summed E-state index contributed by atoms with van der Waals surface area (Å²) in [5.41, 5.74) is 5.86. The molecule has 5 rings (SSSR count). The highest BCUT2D eigenvalue weighted by molar-refractivity contribution is 9.10. The van der Waals surface area contributed by atoms with E-state index in [1.54, 1.807) is 7.11 Å². The lowest BCUT2D eigenvalue weighted by molar-refractivity contribution is -0.0191. The summed E-state index contributed by atoms with van der Waals surface area (Å²) < 4.78 is 12.9. The average Bonchev–Trinajstić information content (AvgIpc) is 3.24. The topological polar surface area (TPSA) is 34.1 Å². The van der Waals surface area contributed by atoms with E-state index >= 15 is 0 Å². The van der Waals surface area contributed by atoms with Crippen LogP contribution < -0.4 is 9.47 Å². The van der Waals surface area contributed by atoms with Gasteiger partial charge >= 0.3 is 0 Å². The second kappa shape index (κ2) is 7.96. The molecule has 0 radical (unpaired) electrons. The molecule has 3 aromatic carbocycles. The number of halogens is 1. The van der Waals surface area contributed by atoms with Crippen molar-refractivity contribution in [1.82, 2.24) is 5.01 Å². The quantitative estimate of drug-likeness (QED) is 0.396. The maximum absolute atomic E-state index is 6.51. The molecule has 5 heteroatoms. The Kier molecular flexibility index (Phi) is 5.25.